The third-order valence-corrected chi connectivity index (χ3v) is 2.33. The van der Waals surface area contributed by atoms with E-state index >= 15 is 0 Å². The summed E-state index contributed by atoms with van der Waals surface area (Å²) in [5.41, 5.74) is 5.68. The molecule has 0 saturated carbocycles. The van der Waals surface area contributed by atoms with Gasteiger partial charge in [0, 0.05) is 19.5 Å². The Labute approximate surface area is 127 Å². The van der Waals surface area contributed by atoms with E-state index in [4.69, 9.17) is 5.73 Å². The van der Waals surface area contributed by atoms with Gasteiger partial charge in [-0.1, -0.05) is 13.8 Å². The average molecular weight is 371 g/mol. The summed E-state index contributed by atoms with van der Waals surface area (Å²) in [6, 6.07) is 0. The number of halogens is 1. The van der Waals surface area contributed by atoms with E-state index in [1.165, 1.54) is 7.11 Å². The molecule has 3 N–H and O–H groups in total. The summed E-state index contributed by atoms with van der Waals surface area (Å²) in [5, 5.41) is 3.06. The lowest BCUT2D eigenvalue weighted by Crippen LogP contribution is -2.33. The number of hydrogen-bond donors (Lipinski definition) is 2. The van der Waals surface area contributed by atoms with Crippen LogP contribution in [0.1, 0.15) is 39.5 Å². The average Bonchev–Trinajstić information content (AvgIpc) is 2.27. The van der Waals surface area contributed by atoms with Gasteiger partial charge in [-0.2, -0.15) is 0 Å². The molecule has 6 heteroatoms. The summed E-state index contributed by atoms with van der Waals surface area (Å²) >= 11 is 0. The van der Waals surface area contributed by atoms with Gasteiger partial charge in [0.2, 0.25) is 0 Å². The van der Waals surface area contributed by atoms with Crippen LogP contribution in [0.3, 0.4) is 0 Å². The fraction of sp³-hybridized carbons (Fsp3) is 0.833. The summed E-state index contributed by atoms with van der Waals surface area (Å²) in [4.78, 5) is 15.0. The minimum absolute atomic E-state index is 0. The van der Waals surface area contributed by atoms with Crippen molar-refractivity contribution in [1.82, 2.24) is 5.32 Å². The topological polar surface area (TPSA) is 76.7 Å². The van der Waals surface area contributed by atoms with Crippen LogP contribution in [0.15, 0.2) is 4.99 Å². The number of nitrogens with two attached hydrogens (primary N) is 1. The molecule has 0 amide bonds. The van der Waals surface area contributed by atoms with E-state index in [0.29, 0.717) is 24.8 Å². The van der Waals surface area contributed by atoms with Gasteiger partial charge in [-0.05, 0) is 25.2 Å². The van der Waals surface area contributed by atoms with Gasteiger partial charge in [0.05, 0.1) is 7.11 Å². The fourth-order valence-electron chi connectivity index (χ4n) is 1.23. The molecule has 0 aromatic carbocycles. The lowest BCUT2D eigenvalue weighted by atomic mass is 10.1. The number of ether oxygens (including phenoxy) is 1. The number of rotatable bonds is 8. The summed E-state index contributed by atoms with van der Waals surface area (Å²) in [6.45, 7) is 5.84. The van der Waals surface area contributed by atoms with E-state index in [-0.39, 0.29) is 29.9 Å². The molecule has 0 unspecified atom stereocenters. The molecule has 0 aromatic rings. The van der Waals surface area contributed by atoms with E-state index in [2.05, 4.69) is 28.9 Å². The van der Waals surface area contributed by atoms with Crippen LogP contribution in [0.5, 0.6) is 0 Å². The molecule has 0 heterocycles. The Balaban J connectivity index is 0. The van der Waals surface area contributed by atoms with Crippen molar-refractivity contribution < 1.29 is 9.53 Å². The van der Waals surface area contributed by atoms with Gasteiger partial charge < -0.3 is 15.8 Å². The van der Waals surface area contributed by atoms with Crippen LogP contribution in [0.2, 0.25) is 0 Å². The first-order chi connectivity index (χ1) is 8.06. The van der Waals surface area contributed by atoms with Crippen LogP contribution >= 0.6 is 24.0 Å². The molecule has 0 radical (unpaired) electrons. The van der Waals surface area contributed by atoms with Crippen molar-refractivity contribution >= 4 is 35.9 Å². The molecule has 5 nitrogen and oxygen atoms in total. The standard InChI is InChI=1S/C12H25N3O2.HI/c1-10(2)7-9-15-12(13)14-8-5-4-6-11(16)17-3;/h10H,4-9H2,1-3H3,(H3,13,14,15);1H. The van der Waals surface area contributed by atoms with Crippen LogP contribution in [-0.2, 0) is 9.53 Å². The zero-order valence-electron chi connectivity index (χ0n) is 11.6. The second-order valence-electron chi connectivity index (χ2n) is 4.41. The van der Waals surface area contributed by atoms with E-state index < -0.39 is 0 Å². The Morgan fingerprint density at radius 2 is 2.06 bits per heavy atom. The largest absolute Gasteiger partial charge is 0.469 e. The highest BCUT2D eigenvalue weighted by Gasteiger charge is 1.99. The van der Waals surface area contributed by atoms with Crippen molar-refractivity contribution in [3.8, 4) is 0 Å². The first-order valence-electron chi connectivity index (χ1n) is 6.17. The third kappa shape index (κ3) is 13.5. The van der Waals surface area contributed by atoms with Crippen LogP contribution in [-0.4, -0.2) is 32.1 Å². The zero-order valence-corrected chi connectivity index (χ0v) is 13.9. The summed E-state index contributed by atoms with van der Waals surface area (Å²) in [7, 11) is 1.40. The normalized spacial score (nSPS) is 11.0. The predicted octanol–water partition coefficient (Wildman–Crippen LogP) is 1.90. The number of unbranched alkanes of at least 4 members (excludes halogenated alkanes) is 1. The Morgan fingerprint density at radius 3 is 2.61 bits per heavy atom. The predicted molar refractivity (Wildman–Crippen MR) is 85.2 cm³/mol. The Bertz CT molecular complexity index is 245. The van der Waals surface area contributed by atoms with Crippen LogP contribution in [0.25, 0.3) is 0 Å². The molecule has 18 heavy (non-hydrogen) atoms. The summed E-state index contributed by atoms with van der Waals surface area (Å²) in [5.74, 6) is 0.982. The van der Waals surface area contributed by atoms with Gasteiger partial charge in [-0.15, -0.1) is 24.0 Å². The number of aliphatic imine (C=N–C) groups is 1. The smallest absolute Gasteiger partial charge is 0.305 e. The molecule has 0 spiro atoms. The van der Waals surface area contributed by atoms with E-state index in [1.807, 2.05) is 0 Å². The number of guanidine groups is 1. The van der Waals surface area contributed by atoms with Crippen molar-refractivity contribution in [1.29, 1.82) is 0 Å². The van der Waals surface area contributed by atoms with Crippen molar-refractivity contribution in [3.05, 3.63) is 0 Å². The highest BCUT2D eigenvalue weighted by molar-refractivity contribution is 14.0. The number of hydrogen-bond acceptors (Lipinski definition) is 3. The number of carbonyl (C=O) groups excluding carboxylic acids is 1. The first kappa shape index (κ1) is 19.8. The molecule has 0 aliphatic rings. The van der Waals surface area contributed by atoms with Gasteiger partial charge >= 0.3 is 5.97 Å². The van der Waals surface area contributed by atoms with E-state index in [1.54, 1.807) is 0 Å². The number of esters is 1. The lowest BCUT2D eigenvalue weighted by molar-refractivity contribution is -0.140. The Hall–Kier alpha value is -0.530. The second kappa shape index (κ2) is 12.9. The zero-order chi connectivity index (χ0) is 13.1. The third-order valence-electron chi connectivity index (χ3n) is 2.33. The second-order valence-corrected chi connectivity index (χ2v) is 4.41. The maximum absolute atomic E-state index is 10.8. The van der Waals surface area contributed by atoms with E-state index in [0.717, 1.165) is 25.8 Å². The van der Waals surface area contributed by atoms with Crippen molar-refractivity contribution in [2.75, 3.05) is 20.2 Å². The number of nitrogens with zero attached hydrogens (tertiary/aromatic N) is 1. The molecule has 0 bridgehead atoms. The van der Waals surface area contributed by atoms with Gasteiger partial charge in [0.25, 0.3) is 0 Å². The van der Waals surface area contributed by atoms with Crippen LogP contribution in [0.4, 0.5) is 0 Å². The monoisotopic (exact) mass is 371 g/mol. The minimum Gasteiger partial charge on any atom is -0.469 e. The molecule has 0 rings (SSSR count). The molecular weight excluding hydrogens is 345 g/mol. The number of methoxy groups -OCH3 is 1. The number of nitrogens with one attached hydrogen (secondary N) is 1. The quantitative estimate of drug-likeness (QED) is 0.225. The van der Waals surface area contributed by atoms with Gasteiger partial charge in [-0.25, -0.2) is 0 Å². The molecular formula is C12H26IN3O2. The highest BCUT2D eigenvalue weighted by Crippen LogP contribution is 1.98. The van der Waals surface area contributed by atoms with Crippen molar-refractivity contribution in [3.63, 3.8) is 0 Å². The van der Waals surface area contributed by atoms with Crippen molar-refractivity contribution in [2.45, 2.75) is 39.5 Å². The molecule has 108 valence electrons. The molecule has 0 aliphatic carbocycles. The maximum Gasteiger partial charge on any atom is 0.305 e. The first-order valence-corrected chi connectivity index (χ1v) is 6.17. The Morgan fingerprint density at radius 1 is 1.39 bits per heavy atom. The maximum atomic E-state index is 10.8. The van der Waals surface area contributed by atoms with Gasteiger partial charge in [-0.3, -0.25) is 9.79 Å². The van der Waals surface area contributed by atoms with E-state index in [9.17, 15) is 4.79 Å². The molecule has 0 fully saturated rings. The van der Waals surface area contributed by atoms with Gasteiger partial charge in [0.1, 0.15) is 0 Å². The lowest BCUT2D eigenvalue weighted by Gasteiger charge is -2.07. The highest BCUT2D eigenvalue weighted by atomic mass is 127. The summed E-state index contributed by atoms with van der Waals surface area (Å²) in [6.07, 6.45) is 3.17. The molecule has 0 saturated heterocycles. The van der Waals surface area contributed by atoms with Gasteiger partial charge in [0.15, 0.2) is 5.96 Å². The van der Waals surface area contributed by atoms with Crippen LogP contribution < -0.4 is 11.1 Å². The molecule has 0 atom stereocenters. The minimum atomic E-state index is -0.169. The molecule has 0 aliphatic heterocycles. The van der Waals surface area contributed by atoms with Crippen LogP contribution in [0, 0.1) is 5.92 Å². The SMILES string of the molecule is COC(=O)CCCCN=C(N)NCCC(C)C.I. The molecule has 0 aromatic heterocycles. The Kier molecular flexibility index (Phi) is 14.2. The fourth-order valence-corrected chi connectivity index (χ4v) is 1.23. The summed E-state index contributed by atoms with van der Waals surface area (Å²) < 4.78 is 4.54. The number of carbonyl (C=O) groups is 1. The van der Waals surface area contributed by atoms with Crippen molar-refractivity contribution in [2.24, 2.45) is 16.6 Å².